The molecule has 16 heavy (non-hydrogen) atoms. The summed E-state index contributed by atoms with van der Waals surface area (Å²) in [6, 6.07) is 4.13. The van der Waals surface area contributed by atoms with E-state index in [2.05, 4.69) is 24.9 Å². The number of rotatable bonds is 2. The van der Waals surface area contributed by atoms with Crippen LogP contribution in [0.25, 0.3) is 11.3 Å². The molecule has 1 aromatic heterocycles. The van der Waals surface area contributed by atoms with Crippen molar-refractivity contribution in [2.75, 3.05) is 12.8 Å². The van der Waals surface area contributed by atoms with Crippen molar-refractivity contribution in [2.45, 2.75) is 13.8 Å². The van der Waals surface area contributed by atoms with Crippen molar-refractivity contribution in [1.82, 2.24) is 4.98 Å². The monoisotopic (exact) mass is 234 g/mol. The molecule has 0 bridgehead atoms. The van der Waals surface area contributed by atoms with Gasteiger partial charge < -0.3 is 10.5 Å². The predicted molar refractivity (Wildman–Crippen MR) is 68.0 cm³/mol. The second kappa shape index (κ2) is 4.14. The Morgan fingerprint density at radius 2 is 2.06 bits per heavy atom. The minimum atomic E-state index is 0.581. The van der Waals surface area contributed by atoms with E-state index in [-0.39, 0.29) is 0 Å². The summed E-state index contributed by atoms with van der Waals surface area (Å²) >= 11 is 1.44. The van der Waals surface area contributed by atoms with Crippen LogP contribution in [0.15, 0.2) is 17.5 Å². The SMILES string of the molecule is COc1cc(C)cc(C)c1-c1csc(N)n1. The smallest absolute Gasteiger partial charge is 0.180 e. The number of aromatic nitrogens is 1. The number of anilines is 1. The zero-order valence-electron chi connectivity index (χ0n) is 9.57. The maximum atomic E-state index is 5.65. The lowest BCUT2D eigenvalue weighted by atomic mass is 10.0. The molecule has 0 saturated carbocycles. The molecule has 0 fully saturated rings. The zero-order chi connectivity index (χ0) is 11.7. The number of aryl methyl sites for hydroxylation is 2. The van der Waals surface area contributed by atoms with Gasteiger partial charge >= 0.3 is 0 Å². The van der Waals surface area contributed by atoms with Gasteiger partial charge in [-0.05, 0) is 31.0 Å². The molecule has 0 aliphatic heterocycles. The van der Waals surface area contributed by atoms with Crippen LogP contribution in [0, 0.1) is 13.8 Å². The number of hydrogen-bond donors (Lipinski definition) is 1. The van der Waals surface area contributed by atoms with Crippen LogP contribution in [0.2, 0.25) is 0 Å². The summed E-state index contributed by atoms with van der Waals surface area (Å²) in [6.07, 6.45) is 0. The van der Waals surface area contributed by atoms with Crippen LogP contribution in [0.5, 0.6) is 5.75 Å². The van der Waals surface area contributed by atoms with Gasteiger partial charge in [-0.15, -0.1) is 11.3 Å². The molecule has 0 amide bonds. The van der Waals surface area contributed by atoms with Crippen molar-refractivity contribution in [1.29, 1.82) is 0 Å². The van der Waals surface area contributed by atoms with E-state index in [0.29, 0.717) is 5.13 Å². The molecular weight excluding hydrogens is 220 g/mol. The van der Waals surface area contributed by atoms with Crippen LogP contribution < -0.4 is 10.5 Å². The first kappa shape index (κ1) is 11.0. The molecule has 0 saturated heterocycles. The van der Waals surface area contributed by atoms with Gasteiger partial charge in [0.15, 0.2) is 5.13 Å². The number of methoxy groups -OCH3 is 1. The number of nitrogens with zero attached hydrogens (tertiary/aromatic N) is 1. The van der Waals surface area contributed by atoms with Crippen LogP contribution >= 0.6 is 11.3 Å². The molecule has 3 nitrogen and oxygen atoms in total. The molecule has 2 N–H and O–H groups in total. The van der Waals surface area contributed by atoms with E-state index >= 15 is 0 Å². The van der Waals surface area contributed by atoms with Crippen LogP contribution in [0.4, 0.5) is 5.13 Å². The molecule has 2 aromatic rings. The lowest BCUT2D eigenvalue weighted by Gasteiger charge is -2.10. The lowest BCUT2D eigenvalue weighted by Crippen LogP contribution is -1.93. The Morgan fingerprint density at radius 3 is 2.62 bits per heavy atom. The molecule has 0 aliphatic carbocycles. The number of nitrogen functional groups attached to an aromatic ring is 1. The summed E-state index contributed by atoms with van der Waals surface area (Å²) in [5, 5.41) is 2.53. The third-order valence-corrected chi connectivity index (χ3v) is 3.12. The fourth-order valence-electron chi connectivity index (χ4n) is 1.82. The second-order valence-electron chi connectivity index (χ2n) is 3.73. The number of ether oxygens (including phenoxy) is 1. The van der Waals surface area contributed by atoms with Gasteiger partial charge in [0.1, 0.15) is 5.75 Å². The van der Waals surface area contributed by atoms with E-state index in [0.717, 1.165) is 22.6 Å². The fraction of sp³-hybridized carbons (Fsp3) is 0.250. The minimum absolute atomic E-state index is 0.581. The average Bonchev–Trinajstić information content (AvgIpc) is 2.63. The molecule has 84 valence electrons. The van der Waals surface area contributed by atoms with Crippen molar-refractivity contribution in [3.8, 4) is 17.0 Å². The van der Waals surface area contributed by atoms with Crippen molar-refractivity contribution in [3.05, 3.63) is 28.6 Å². The van der Waals surface area contributed by atoms with Crippen LogP contribution in [0.1, 0.15) is 11.1 Å². The molecule has 2 rings (SSSR count). The molecule has 0 aliphatic rings. The summed E-state index contributed by atoms with van der Waals surface area (Å²) in [5.41, 5.74) is 9.91. The van der Waals surface area contributed by atoms with E-state index in [1.165, 1.54) is 16.9 Å². The van der Waals surface area contributed by atoms with Crippen molar-refractivity contribution >= 4 is 16.5 Å². The highest BCUT2D eigenvalue weighted by Gasteiger charge is 2.12. The van der Waals surface area contributed by atoms with Gasteiger partial charge in [0.25, 0.3) is 0 Å². The summed E-state index contributed by atoms with van der Waals surface area (Å²) in [6.45, 7) is 4.11. The highest BCUT2D eigenvalue weighted by molar-refractivity contribution is 7.13. The Labute approximate surface area is 98.9 Å². The van der Waals surface area contributed by atoms with Gasteiger partial charge in [-0.25, -0.2) is 4.98 Å². The van der Waals surface area contributed by atoms with Gasteiger partial charge in [-0.2, -0.15) is 0 Å². The second-order valence-corrected chi connectivity index (χ2v) is 4.62. The first-order valence-electron chi connectivity index (χ1n) is 4.98. The van der Waals surface area contributed by atoms with E-state index in [9.17, 15) is 0 Å². The Hall–Kier alpha value is -1.55. The Balaban J connectivity index is 2.63. The molecule has 0 unspecified atom stereocenters. The van der Waals surface area contributed by atoms with E-state index in [1.807, 2.05) is 11.4 Å². The van der Waals surface area contributed by atoms with Crippen molar-refractivity contribution in [2.24, 2.45) is 0 Å². The molecule has 1 heterocycles. The third kappa shape index (κ3) is 1.88. The van der Waals surface area contributed by atoms with Gasteiger partial charge in [0.05, 0.1) is 12.8 Å². The standard InChI is InChI=1S/C12H14N2OS/c1-7-4-8(2)11(10(5-7)15-3)9-6-16-12(13)14-9/h4-6H,1-3H3,(H2,13,14). The Bertz CT molecular complexity index is 520. The number of nitrogens with two attached hydrogens (primary N) is 1. The zero-order valence-corrected chi connectivity index (χ0v) is 10.4. The van der Waals surface area contributed by atoms with Crippen LogP contribution in [-0.4, -0.2) is 12.1 Å². The van der Waals surface area contributed by atoms with E-state index in [4.69, 9.17) is 10.5 Å². The molecule has 1 aromatic carbocycles. The molecule has 0 atom stereocenters. The highest BCUT2D eigenvalue weighted by atomic mass is 32.1. The summed E-state index contributed by atoms with van der Waals surface area (Å²) in [5.74, 6) is 0.850. The lowest BCUT2D eigenvalue weighted by molar-refractivity contribution is 0.415. The van der Waals surface area contributed by atoms with Gasteiger partial charge in [-0.1, -0.05) is 6.07 Å². The molecule has 0 spiro atoms. The number of thiazole rings is 1. The van der Waals surface area contributed by atoms with Crippen molar-refractivity contribution in [3.63, 3.8) is 0 Å². The molecule has 4 heteroatoms. The average molecular weight is 234 g/mol. The molecular formula is C12H14N2OS. The number of benzene rings is 1. The molecule has 0 radical (unpaired) electrons. The summed E-state index contributed by atoms with van der Waals surface area (Å²) in [4.78, 5) is 4.30. The quantitative estimate of drug-likeness (QED) is 0.869. The van der Waals surface area contributed by atoms with E-state index in [1.54, 1.807) is 7.11 Å². The minimum Gasteiger partial charge on any atom is -0.496 e. The van der Waals surface area contributed by atoms with E-state index < -0.39 is 0 Å². The first-order valence-corrected chi connectivity index (χ1v) is 5.86. The highest BCUT2D eigenvalue weighted by Crippen LogP contribution is 2.35. The summed E-state index contributed by atoms with van der Waals surface area (Å²) < 4.78 is 5.39. The van der Waals surface area contributed by atoms with Gasteiger partial charge in [0, 0.05) is 10.9 Å². The normalized spacial score (nSPS) is 10.4. The Kier molecular flexibility index (Phi) is 2.83. The summed E-state index contributed by atoms with van der Waals surface area (Å²) in [7, 11) is 1.67. The van der Waals surface area contributed by atoms with Crippen molar-refractivity contribution < 1.29 is 4.74 Å². The largest absolute Gasteiger partial charge is 0.496 e. The maximum absolute atomic E-state index is 5.65. The van der Waals surface area contributed by atoms with Gasteiger partial charge in [-0.3, -0.25) is 0 Å². The van der Waals surface area contributed by atoms with Crippen LogP contribution in [-0.2, 0) is 0 Å². The first-order chi connectivity index (χ1) is 7.61. The maximum Gasteiger partial charge on any atom is 0.180 e. The number of hydrogen-bond acceptors (Lipinski definition) is 4. The third-order valence-electron chi connectivity index (χ3n) is 2.44. The van der Waals surface area contributed by atoms with Crippen LogP contribution in [0.3, 0.4) is 0 Å². The Morgan fingerprint density at radius 1 is 1.31 bits per heavy atom. The fourth-order valence-corrected chi connectivity index (χ4v) is 2.37. The predicted octanol–water partition coefficient (Wildman–Crippen LogP) is 3.02. The topological polar surface area (TPSA) is 48.1 Å². The van der Waals surface area contributed by atoms with Gasteiger partial charge in [0.2, 0.25) is 0 Å².